The topological polar surface area (TPSA) is 21.3 Å². The predicted molar refractivity (Wildman–Crippen MR) is 78.3 cm³/mol. The van der Waals surface area contributed by atoms with E-state index in [1.54, 1.807) is 0 Å². The van der Waals surface area contributed by atoms with Gasteiger partial charge < -0.3 is 10.1 Å². The van der Waals surface area contributed by atoms with E-state index in [0.717, 1.165) is 44.2 Å². The van der Waals surface area contributed by atoms with Gasteiger partial charge in [-0.15, -0.1) is 0 Å². The average molecular weight is 270 g/mol. The fourth-order valence-corrected chi connectivity index (χ4v) is 2.10. The van der Waals surface area contributed by atoms with Crippen LogP contribution in [0.2, 0.25) is 5.02 Å². The summed E-state index contributed by atoms with van der Waals surface area (Å²) in [6.45, 7) is 7.90. The zero-order chi connectivity index (χ0) is 13.2. The quantitative estimate of drug-likeness (QED) is 0.693. The van der Waals surface area contributed by atoms with Crippen LogP contribution in [0, 0.1) is 5.92 Å². The zero-order valence-electron chi connectivity index (χ0n) is 11.4. The third-order valence-electron chi connectivity index (χ3n) is 3.00. The number of ether oxygens (including phenoxy) is 1. The van der Waals surface area contributed by atoms with Crippen LogP contribution in [-0.4, -0.2) is 26.3 Å². The van der Waals surface area contributed by atoms with E-state index < -0.39 is 0 Å². The Bertz CT molecular complexity index is 313. The molecule has 1 atom stereocenters. The van der Waals surface area contributed by atoms with Gasteiger partial charge in [0.25, 0.3) is 0 Å². The number of hydrogen-bond acceptors (Lipinski definition) is 2. The Kier molecular flexibility index (Phi) is 8.06. The van der Waals surface area contributed by atoms with Crippen molar-refractivity contribution in [2.75, 3.05) is 26.3 Å². The number of hydrogen-bond donors (Lipinski definition) is 1. The van der Waals surface area contributed by atoms with E-state index in [4.69, 9.17) is 16.3 Å². The molecular formula is C15H24ClNO. The third kappa shape index (κ3) is 6.39. The van der Waals surface area contributed by atoms with Crippen LogP contribution in [-0.2, 0) is 11.2 Å². The molecule has 1 aromatic carbocycles. The molecule has 0 spiro atoms. The van der Waals surface area contributed by atoms with Gasteiger partial charge in [0.15, 0.2) is 0 Å². The molecule has 0 heterocycles. The Labute approximate surface area is 116 Å². The third-order valence-corrected chi connectivity index (χ3v) is 3.25. The molecule has 102 valence electrons. The van der Waals surface area contributed by atoms with Gasteiger partial charge in [-0.3, -0.25) is 0 Å². The van der Waals surface area contributed by atoms with Crippen LogP contribution >= 0.6 is 11.6 Å². The van der Waals surface area contributed by atoms with Gasteiger partial charge >= 0.3 is 0 Å². The molecule has 1 aromatic rings. The largest absolute Gasteiger partial charge is 0.382 e. The molecule has 0 fully saturated rings. The van der Waals surface area contributed by atoms with Crippen molar-refractivity contribution in [1.29, 1.82) is 0 Å². The Morgan fingerprint density at radius 3 is 2.56 bits per heavy atom. The van der Waals surface area contributed by atoms with Gasteiger partial charge in [-0.2, -0.15) is 0 Å². The van der Waals surface area contributed by atoms with Crippen LogP contribution in [0.3, 0.4) is 0 Å². The summed E-state index contributed by atoms with van der Waals surface area (Å²) in [6, 6.07) is 8.15. The molecule has 0 radical (unpaired) electrons. The molecule has 0 saturated heterocycles. The lowest BCUT2D eigenvalue weighted by Gasteiger charge is -2.17. The Hall–Kier alpha value is -0.570. The summed E-state index contributed by atoms with van der Waals surface area (Å²) >= 11 is 5.90. The van der Waals surface area contributed by atoms with Gasteiger partial charge in [-0.1, -0.05) is 30.7 Å². The fraction of sp³-hybridized carbons (Fsp3) is 0.600. The summed E-state index contributed by atoms with van der Waals surface area (Å²) in [5, 5.41) is 4.23. The standard InChI is InChI=1S/C15H24ClNO/c1-3-17-12-14(9-10-18-4-2)11-13-5-7-15(16)8-6-13/h5-8,14,17H,3-4,9-12H2,1-2H3. The van der Waals surface area contributed by atoms with Gasteiger partial charge in [0.05, 0.1) is 0 Å². The molecule has 1 unspecified atom stereocenters. The first-order valence-electron chi connectivity index (χ1n) is 6.79. The predicted octanol–water partition coefficient (Wildman–Crippen LogP) is 3.53. The van der Waals surface area contributed by atoms with E-state index in [1.165, 1.54) is 5.56 Å². The molecule has 0 saturated carbocycles. The van der Waals surface area contributed by atoms with Crippen molar-refractivity contribution in [3.05, 3.63) is 34.9 Å². The maximum atomic E-state index is 5.90. The Morgan fingerprint density at radius 1 is 1.22 bits per heavy atom. The van der Waals surface area contributed by atoms with Crippen molar-refractivity contribution in [2.45, 2.75) is 26.7 Å². The van der Waals surface area contributed by atoms with Crippen LogP contribution in [0.4, 0.5) is 0 Å². The molecule has 1 rings (SSSR count). The second-order valence-corrected chi connectivity index (χ2v) is 4.93. The van der Waals surface area contributed by atoms with Gasteiger partial charge in [0.1, 0.15) is 0 Å². The average Bonchev–Trinajstić information content (AvgIpc) is 2.38. The maximum Gasteiger partial charge on any atom is 0.0469 e. The minimum absolute atomic E-state index is 0.623. The van der Waals surface area contributed by atoms with Crippen LogP contribution in [0.25, 0.3) is 0 Å². The fourth-order valence-electron chi connectivity index (χ4n) is 1.97. The van der Waals surface area contributed by atoms with Gasteiger partial charge in [0.2, 0.25) is 0 Å². The van der Waals surface area contributed by atoms with E-state index in [0.29, 0.717) is 5.92 Å². The number of nitrogens with one attached hydrogen (secondary N) is 1. The summed E-state index contributed by atoms with van der Waals surface area (Å²) in [5.41, 5.74) is 1.35. The lowest BCUT2D eigenvalue weighted by atomic mass is 9.96. The SMILES string of the molecule is CCNCC(CCOCC)Cc1ccc(Cl)cc1. The monoisotopic (exact) mass is 269 g/mol. The molecule has 3 heteroatoms. The molecule has 0 aliphatic heterocycles. The van der Waals surface area contributed by atoms with Crippen molar-refractivity contribution in [1.82, 2.24) is 5.32 Å². The minimum Gasteiger partial charge on any atom is -0.382 e. The van der Waals surface area contributed by atoms with E-state index >= 15 is 0 Å². The Balaban J connectivity index is 2.45. The highest BCUT2D eigenvalue weighted by molar-refractivity contribution is 6.30. The van der Waals surface area contributed by atoms with E-state index in [1.807, 2.05) is 19.1 Å². The summed E-state index contributed by atoms with van der Waals surface area (Å²) in [4.78, 5) is 0. The molecule has 0 aliphatic carbocycles. The van der Waals surface area contributed by atoms with Gasteiger partial charge in [-0.25, -0.2) is 0 Å². The van der Waals surface area contributed by atoms with Crippen molar-refractivity contribution >= 4 is 11.6 Å². The zero-order valence-corrected chi connectivity index (χ0v) is 12.2. The maximum absolute atomic E-state index is 5.90. The highest BCUT2D eigenvalue weighted by Crippen LogP contribution is 2.15. The van der Waals surface area contributed by atoms with E-state index in [9.17, 15) is 0 Å². The summed E-state index contributed by atoms with van der Waals surface area (Å²) < 4.78 is 5.45. The lowest BCUT2D eigenvalue weighted by molar-refractivity contribution is 0.131. The van der Waals surface area contributed by atoms with Crippen molar-refractivity contribution in [3.8, 4) is 0 Å². The van der Waals surface area contributed by atoms with E-state index in [-0.39, 0.29) is 0 Å². The molecule has 0 bridgehead atoms. The van der Waals surface area contributed by atoms with Gasteiger partial charge in [-0.05, 0) is 56.5 Å². The summed E-state index contributed by atoms with van der Waals surface area (Å²) in [6.07, 6.45) is 2.18. The van der Waals surface area contributed by atoms with Crippen LogP contribution in [0.1, 0.15) is 25.8 Å². The summed E-state index contributed by atoms with van der Waals surface area (Å²) in [7, 11) is 0. The molecule has 1 N–H and O–H groups in total. The van der Waals surface area contributed by atoms with Crippen molar-refractivity contribution in [2.24, 2.45) is 5.92 Å². The van der Waals surface area contributed by atoms with Crippen LogP contribution < -0.4 is 5.32 Å². The Morgan fingerprint density at radius 2 is 1.94 bits per heavy atom. The molecule has 18 heavy (non-hydrogen) atoms. The first-order chi connectivity index (χ1) is 8.76. The lowest BCUT2D eigenvalue weighted by Crippen LogP contribution is -2.25. The summed E-state index contributed by atoms with van der Waals surface area (Å²) in [5.74, 6) is 0.623. The van der Waals surface area contributed by atoms with Gasteiger partial charge in [0, 0.05) is 18.2 Å². The van der Waals surface area contributed by atoms with Crippen LogP contribution in [0.5, 0.6) is 0 Å². The molecule has 0 aromatic heterocycles. The smallest absolute Gasteiger partial charge is 0.0469 e. The number of rotatable bonds is 9. The normalized spacial score (nSPS) is 12.6. The molecule has 2 nitrogen and oxygen atoms in total. The molecular weight excluding hydrogens is 246 g/mol. The molecule has 0 amide bonds. The van der Waals surface area contributed by atoms with Crippen LogP contribution in [0.15, 0.2) is 24.3 Å². The molecule has 0 aliphatic rings. The van der Waals surface area contributed by atoms with Crippen molar-refractivity contribution in [3.63, 3.8) is 0 Å². The first-order valence-corrected chi connectivity index (χ1v) is 7.17. The second-order valence-electron chi connectivity index (χ2n) is 4.49. The minimum atomic E-state index is 0.623. The highest BCUT2D eigenvalue weighted by atomic mass is 35.5. The van der Waals surface area contributed by atoms with E-state index in [2.05, 4.69) is 24.4 Å². The first kappa shape index (κ1) is 15.5. The van der Waals surface area contributed by atoms with Crippen molar-refractivity contribution < 1.29 is 4.74 Å². The number of benzene rings is 1. The second kappa shape index (κ2) is 9.37. The number of halogens is 1. The highest BCUT2D eigenvalue weighted by Gasteiger charge is 2.09.